The molecule has 1 aliphatic carbocycles. The molecule has 0 saturated heterocycles. The second-order valence-electron chi connectivity index (χ2n) is 6.79. The number of carbonyl (C=O) groups is 2. The summed E-state index contributed by atoms with van der Waals surface area (Å²) in [5.41, 5.74) is 1.22. The van der Waals surface area contributed by atoms with Gasteiger partial charge in [0.1, 0.15) is 6.04 Å². The molecule has 1 amide bonds. The molecule has 5 heteroatoms. The van der Waals surface area contributed by atoms with Crippen LogP contribution in [-0.4, -0.2) is 42.5 Å². The van der Waals surface area contributed by atoms with Crippen LogP contribution in [0.1, 0.15) is 42.9 Å². The Balaban J connectivity index is 2.11. The summed E-state index contributed by atoms with van der Waals surface area (Å²) in [4.78, 5) is 26.1. The highest BCUT2D eigenvalue weighted by atomic mass is 16.4. The molecule has 1 aromatic rings. The first kappa shape index (κ1) is 17.5. The van der Waals surface area contributed by atoms with Crippen LogP contribution in [0, 0.1) is 12.3 Å². The molecule has 1 atom stereocenters. The number of carboxylic acids is 1. The quantitative estimate of drug-likeness (QED) is 0.845. The van der Waals surface area contributed by atoms with E-state index in [9.17, 15) is 14.7 Å². The molecule has 0 radical (unpaired) electrons. The van der Waals surface area contributed by atoms with Crippen molar-refractivity contribution in [1.82, 2.24) is 10.2 Å². The third kappa shape index (κ3) is 3.91. The van der Waals surface area contributed by atoms with Crippen LogP contribution >= 0.6 is 0 Å². The fraction of sp³-hybridized carbons (Fsp3) is 0.556. The minimum atomic E-state index is -0.799. The molecule has 126 valence electrons. The van der Waals surface area contributed by atoms with Crippen molar-refractivity contribution >= 4 is 11.9 Å². The normalized spacial score (nSPS) is 17.9. The molecule has 0 unspecified atom stereocenters. The van der Waals surface area contributed by atoms with Gasteiger partial charge in [0.2, 0.25) is 5.91 Å². The van der Waals surface area contributed by atoms with Crippen molar-refractivity contribution in [2.45, 2.75) is 38.6 Å². The van der Waals surface area contributed by atoms with Crippen LogP contribution in [0.15, 0.2) is 24.3 Å². The van der Waals surface area contributed by atoms with Crippen molar-refractivity contribution in [3.63, 3.8) is 0 Å². The van der Waals surface area contributed by atoms with Gasteiger partial charge in [0.05, 0.1) is 5.41 Å². The molecule has 1 saturated carbocycles. The Labute approximate surface area is 137 Å². The molecular formula is C18H26N2O3. The van der Waals surface area contributed by atoms with E-state index in [2.05, 4.69) is 5.32 Å². The van der Waals surface area contributed by atoms with Crippen LogP contribution in [0.2, 0.25) is 0 Å². The van der Waals surface area contributed by atoms with Crippen LogP contribution in [0.4, 0.5) is 0 Å². The number of carboxylic acid groups (broad SMARTS) is 1. The van der Waals surface area contributed by atoms with Crippen LogP contribution in [0.3, 0.4) is 0 Å². The monoisotopic (exact) mass is 318 g/mol. The summed E-state index contributed by atoms with van der Waals surface area (Å²) in [5, 5.41) is 12.4. The molecule has 1 fully saturated rings. The number of likely N-dealkylation sites (N-methyl/N-ethyl adjacent to an activating group) is 1. The standard InChI is InChI=1S/C18H26N2O3/c1-13-7-6-8-14(11-13)15(20(2)3)16(21)19-12-18(17(22)23)9-4-5-10-18/h6-8,11,15H,4-5,9-10,12H2,1-3H3,(H,19,21)(H,22,23)/t15-/m0/s1. The number of rotatable bonds is 6. The first-order chi connectivity index (χ1) is 10.9. The van der Waals surface area contributed by atoms with Gasteiger partial charge in [-0.1, -0.05) is 42.7 Å². The molecule has 5 nitrogen and oxygen atoms in total. The molecule has 2 N–H and O–H groups in total. The van der Waals surface area contributed by atoms with Crippen molar-refractivity contribution in [2.75, 3.05) is 20.6 Å². The van der Waals surface area contributed by atoms with Crippen LogP contribution in [-0.2, 0) is 9.59 Å². The van der Waals surface area contributed by atoms with E-state index in [1.165, 1.54) is 0 Å². The van der Waals surface area contributed by atoms with Gasteiger partial charge in [-0.05, 0) is 39.4 Å². The number of nitrogens with one attached hydrogen (secondary N) is 1. The van der Waals surface area contributed by atoms with Gasteiger partial charge >= 0.3 is 5.97 Å². The molecular weight excluding hydrogens is 292 g/mol. The van der Waals surface area contributed by atoms with Crippen molar-refractivity contribution in [3.05, 3.63) is 35.4 Å². The Morgan fingerprint density at radius 3 is 2.48 bits per heavy atom. The molecule has 0 aromatic heterocycles. The number of nitrogens with zero attached hydrogens (tertiary/aromatic N) is 1. The van der Waals surface area contributed by atoms with Crippen LogP contribution in [0.5, 0.6) is 0 Å². The molecule has 1 aliphatic rings. The highest BCUT2D eigenvalue weighted by molar-refractivity contribution is 5.84. The lowest BCUT2D eigenvalue weighted by molar-refractivity contribution is -0.148. The van der Waals surface area contributed by atoms with Crippen molar-refractivity contribution in [3.8, 4) is 0 Å². The fourth-order valence-electron chi connectivity index (χ4n) is 3.40. The molecule has 23 heavy (non-hydrogen) atoms. The number of hydrogen-bond acceptors (Lipinski definition) is 3. The number of hydrogen-bond donors (Lipinski definition) is 2. The zero-order valence-corrected chi connectivity index (χ0v) is 14.1. The Morgan fingerprint density at radius 1 is 1.30 bits per heavy atom. The Hall–Kier alpha value is -1.88. The lowest BCUT2D eigenvalue weighted by Crippen LogP contribution is -2.45. The van der Waals surface area contributed by atoms with Gasteiger partial charge in [-0.25, -0.2) is 0 Å². The largest absolute Gasteiger partial charge is 0.481 e. The molecule has 0 heterocycles. The first-order valence-electron chi connectivity index (χ1n) is 8.10. The topological polar surface area (TPSA) is 69.6 Å². The Bertz CT molecular complexity index is 577. The zero-order valence-electron chi connectivity index (χ0n) is 14.1. The maximum absolute atomic E-state index is 12.7. The number of amides is 1. The Kier molecular flexibility index (Phi) is 5.42. The second-order valence-corrected chi connectivity index (χ2v) is 6.79. The molecule has 0 bridgehead atoms. The van der Waals surface area contributed by atoms with E-state index in [1.807, 2.05) is 50.2 Å². The fourth-order valence-corrected chi connectivity index (χ4v) is 3.40. The van der Waals surface area contributed by atoms with Gasteiger partial charge in [0.25, 0.3) is 0 Å². The van der Waals surface area contributed by atoms with E-state index in [1.54, 1.807) is 0 Å². The Morgan fingerprint density at radius 2 is 1.96 bits per heavy atom. The molecule has 1 aromatic carbocycles. The van der Waals surface area contributed by atoms with Crippen molar-refractivity contribution < 1.29 is 14.7 Å². The van der Waals surface area contributed by atoms with Crippen LogP contribution in [0.25, 0.3) is 0 Å². The van der Waals surface area contributed by atoms with E-state index in [4.69, 9.17) is 0 Å². The van der Waals surface area contributed by atoms with Gasteiger partial charge in [-0.2, -0.15) is 0 Å². The van der Waals surface area contributed by atoms with Crippen molar-refractivity contribution in [1.29, 1.82) is 0 Å². The third-order valence-electron chi connectivity index (χ3n) is 4.74. The van der Waals surface area contributed by atoms with E-state index < -0.39 is 17.4 Å². The maximum atomic E-state index is 12.7. The lowest BCUT2D eigenvalue weighted by Gasteiger charge is -2.28. The van der Waals surface area contributed by atoms with Crippen molar-refractivity contribution in [2.24, 2.45) is 5.41 Å². The number of aliphatic carboxylic acids is 1. The molecule has 0 aliphatic heterocycles. The summed E-state index contributed by atoms with van der Waals surface area (Å²) < 4.78 is 0. The van der Waals surface area contributed by atoms with Gasteiger partial charge in [-0.15, -0.1) is 0 Å². The minimum absolute atomic E-state index is 0.145. The SMILES string of the molecule is Cc1cccc([C@@H](C(=O)NCC2(C(=O)O)CCCC2)N(C)C)c1. The zero-order chi connectivity index (χ0) is 17.0. The first-order valence-corrected chi connectivity index (χ1v) is 8.10. The second kappa shape index (κ2) is 7.13. The average Bonchev–Trinajstić information content (AvgIpc) is 2.95. The van der Waals surface area contributed by atoms with E-state index in [0.717, 1.165) is 24.0 Å². The predicted octanol–water partition coefficient (Wildman–Crippen LogP) is 2.36. The number of benzene rings is 1. The third-order valence-corrected chi connectivity index (χ3v) is 4.74. The number of carbonyl (C=O) groups excluding carboxylic acids is 1. The summed E-state index contributed by atoms with van der Waals surface area (Å²) >= 11 is 0. The summed E-state index contributed by atoms with van der Waals surface area (Å²) in [5.74, 6) is -0.944. The highest BCUT2D eigenvalue weighted by Gasteiger charge is 2.42. The average molecular weight is 318 g/mol. The smallest absolute Gasteiger partial charge is 0.311 e. The highest BCUT2D eigenvalue weighted by Crippen LogP contribution is 2.38. The summed E-state index contributed by atoms with van der Waals surface area (Å²) in [7, 11) is 3.71. The van der Waals surface area contributed by atoms with Gasteiger partial charge in [0.15, 0.2) is 0 Å². The maximum Gasteiger partial charge on any atom is 0.311 e. The molecule has 2 rings (SSSR count). The summed E-state index contributed by atoms with van der Waals surface area (Å²) in [6.45, 7) is 2.20. The summed E-state index contributed by atoms with van der Waals surface area (Å²) in [6, 6.07) is 7.44. The molecule has 0 spiro atoms. The lowest BCUT2D eigenvalue weighted by atomic mass is 9.86. The predicted molar refractivity (Wildman–Crippen MR) is 89.2 cm³/mol. The number of aryl methyl sites for hydroxylation is 1. The summed E-state index contributed by atoms with van der Waals surface area (Å²) in [6.07, 6.45) is 3.10. The van der Waals surface area contributed by atoms with E-state index in [0.29, 0.717) is 12.8 Å². The van der Waals surface area contributed by atoms with Gasteiger partial charge in [-0.3, -0.25) is 14.5 Å². The van der Waals surface area contributed by atoms with E-state index in [-0.39, 0.29) is 12.5 Å². The van der Waals surface area contributed by atoms with Gasteiger partial charge < -0.3 is 10.4 Å². The van der Waals surface area contributed by atoms with Crippen LogP contribution < -0.4 is 5.32 Å². The minimum Gasteiger partial charge on any atom is -0.481 e. The van der Waals surface area contributed by atoms with Gasteiger partial charge in [0, 0.05) is 6.54 Å². The van der Waals surface area contributed by atoms with E-state index >= 15 is 0 Å².